The van der Waals surface area contributed by atoms with E-state index in [1.165, 1.54) is 26.4 Å². The predicted molar refractivity (Wildman–Crippen MR) is 90.9 cm³/mol. The summed E-state index contributed by atoms with van der Waals surface area (Å²) in [5, 5.41) is 2.75. The molecule has 24 heavy (non-hydrogen) atoms. The van der Waals surface area contributed by atoms with Gasteiger partial charge in [0.05, 0.1) is 12.8 Å². The molecule has 6 heteroatoms. The van der Waals surface area contributed by atoms with Crippen molar-refractivity contribution in [3.63, 3.8) is 0 Å². The molecule has 126 valence electrons. The number of rotatable bonds is 6. The number of hydrogen-bond donors (Lipinski definition) is 2. The van der Waals surface area contributed by atoms with Crippen LogP contribution in [0.1, 0.15) is 22.8 Å². The third kappa shape index (κ3) is 3.38. The van der Waals surface area contributed by atoms with Crippen LogP contribution in [0, 0.1) is 0 Å². The third-order valence-corrected chi connectivity index (χ3v) is 3.90. The van der Waals surface area contributed by atoms with Gasteiger partial charge in [-0.3, -0.25) is 9.59 Å². The average Bonchev–Trinajstić information content (AvgIpc) is 2.61. The Morgan fingerprint density at radius 1 is 1.08 bits per heavy atom. The van der Waals surface area contributed by atoms with Crippen LogP contribution in [0.4, 0.5) is 5.69 Å². The largest absolute Gasteiger partial charge is 0.495 e. The number of hydrogen-bond acceptors (Lipinski definition) is 4. The van der Waals surface area contributed by atoms with Gasteiger partial charge in [0.15, 0.2) is 5.60 Å². The summed E-state index contributed by atoms with van der Waals surface area (Å²) in [6.07, 6.45) is 0. The quantitative estimate of drug-likeness (QED) is 0.851. The summed E-state index contributed by atoms with van der Waals surface area (Å²) in [4.78, 5) is 24.2. The molecule has 0 saturated carbocycles. The van der Waals surface area contributed by atoms with E-state index in [1.807, 2.05) is 18.2 Å². The van der Waals surface area contributed by atoms with Crippen molar-refractivity contribution in [3.05, 3.63) is 59.7 Å². The van der Waals surface area contributed by atoms with Crippen LogP contribution in [0.25, 0.3) is 0 Å². The lowest BCUT2D eigenvalue weighted by molar-refractivity contribution is -0.136. The highest BCUT2D eigenvalue weighted by Crippen LogP contribution is 2.30. The summed E-state index contributed by atoms with van der Waals surface area (Å²) in [5.41, 5.74) is 5.41. The number of nitrogens with two attached hydrogens (primary N) is 1. The Bertz CT molecular complexity index is 746. The van der Waals surface area contributed by atoms with Crippen molar-refractivity contribution in [2.75, 3.05) is 19.5 Å². The van der Waals surface area contributed by atoms with E-state index in [1.54, 1.807) is 25.1 Å². The molecule has 0 fully saturated rings. The third-order valence-electron chi connectivity index (χ3n) is 3.90. The lowest BCUT2D eigenvalue weighted by atomic mass is 9.94. The van der Waals surface area contributed by atoms with Gasteiger partial charge in [0.25, 0.3) is 5.91 Å². The first-order valence-corrected chi connectivity index (χ1v) is 7.32. The number of ether oxygens (including phenoxy) is 2. The number of amides is 2. The zero-order valence-electron chi connectivity index (χ0n) is 13.8. The van der Waals surface area contributed by atoms with Gasteiger partial charge in [0, 0.05) is 12.7 Å². The molecular weight excluding hydrogens is 308 g/mol. The second-order valence-electron chi connectivity index (χ2n) is 5.34. The Kier molecular flexibility index (Phi) is 5.21. The summed E-state index contributed by atoms with van der Waals surface area (Å²) < 4.78 is 10.7. The summed E-state index contributed by atoms with van der Waals surface area (Å²) in [6.45, 7) is 1.67. The second-order valence-corrected chi connectivity index (χ2v) is 5.34. The number of carbonyl (C=O) groups excluding carboxylic acids is 2. The fourth-order valence-corrected chi connectivity index (χ4v) is 2.30. The van der Waals surface area contributed by atoms with E-state index in [4.69, 9.17) is 15.2 Å². The van der Waals surface area contributed by atoms with Crippen molar-refractivity contribution in [1.82, 2.24) is 0 Å². The molecule has 3 N–H and O–H groups in total. The van der Waals surface area contributed by atoms with Gasteiger partial charge in [-0.25, -0.2) is 0 Å². The number of anilines is 1. The second kappa shape index (κ2) is 7.14. The molecule has 0 radical (unpaired) electrons. The molecule has 0 spiro atoms. The van der Waals surface area contributed by atoms with Gasteiger partial charge in [-0.05, 0) is 30.7 Å². The Balaban J connectivity index is 2.37. The van der Waals surface area contributed by atoms with Crippen molar-refractivity contribution >= 4 is 17.5 Å². The Hall–Kier alpha value is -2.86. The van der Waals surface area contributed by atoms with Crippen molar-refractivity contribution in [2.45, 2.75) is 12.5 Å². The van der Waals surface area contributed by atoms with Crippen molar-refractivity contribution in [2.24, 2.45) is 5.73 Å². The lowest BCUT2D eigenvalue weighted by Crippen LogP contribution is -2.39. The maximum Gasteiger partial charge on any atom is 0.261 e. The van der Waals surface area contributed by atoms with Crippen LogP contribution in [0.15, 0.2) is 48.5 Å². The molecule has 6 nitrogen and oxygen atoms in total. The summed E-state index contributed by atoms with van der Waals surface area (Å²) in [6, 6.07) is 13.7. The molecule has 2 amide bonds. The van der Waals surface area contributed by atoms with Gasteiger partial charge in [-0.15, -0.1) is 0 Å². The fourth-order valence-electron chi connectivity index (χ4n) is 2.30. The van der Waals surface area contributed by atoms with E-state index in [2.05, 4.69) is 5.32 Å². The van der Waals surface area contributed by atoms with E-state index in [9.17, 15) is 9.59 Å². The van der Waals surface area contributed by atoms with Crippen LogP contribution in [-0.4, -0.2) is 26.0 Å². The molecule has 0 heterocycles. The Labute approximate surface area is 140 Å². The van der Waals surface area contributed by atoms with Crippen LogP contribution < -0.4 is 15.8 Å². The number of nitrogens with one attached hydrogen (secondary N) is 1. The van der Waals surface area contributed by atoms with Crippen LogP contribution in [0.2, 0.25) is 0 Å². The molecule has 1 atom stereocenters. The first-order valence-electron chi connectivity index (χ1n) is 7.32. The number of primary amides is 1. The van der Waals surface area contributed by atoms with Gasteiger partial charge in [0.1, 0.15) is 5.75 Å². The van der Waals surface area contributed by atoms with Crippen molar-refractivity contribution in [3.8, 4) is 5.75 Å². The topological polar surface area (TPSA) is 90.6 Å². The number of methoxy groups -OCH3 is 2. The SMILES string of the molecule is COc1ccc(C(N)=O)cc1NC(=O)[C@](C)(OC)c1ccccc1. The molecule has 0 saturated heterocycles. The van der Waals surface area contributed by atoms with Crippen LogP contribution in [0.3, 0.4) is 0 Å². The highest BCUT2D eigenvalue weighted by molar-refractivity contribution is 6.01. The van der Waals surface area contributed by atoms with Gasteiger partial charge >= 0.3 is 0 Å². The fraction of sp³-hybridized carbons (Fsp3) is 0.222. The molecular formula is C18H20N2O4. The van der Waals surface area contributed by atoms with E-state index < -0.39 is 17.4 Å². The maximum atomic E-state index is 12.8. The van der Waals surface area contributed by atoms with Crippen LogP contribution in [0.5, 0.6) is 5.75 Å². The molecule has 0 aliphatic heterocycles. The molecule has 2 rings (SSSR count). The van der Waals surface area contributed by atoms with Crippen LogP contribution in [-0.2, 0) is 15.1 Å². The summed E-state index contributed by atoms with van der Waals surface area (Å²) in [5.74, 6) is -0.568. The van der Waals surface area contributed by atoms with Crippen molar-refractivity contribution in [1.29, 1.82) is 0 Å². The number of carbonyl (C=O) groups is 2. The molecule has 2 aromatic carbocycles. The normalized spacial score (nSPS) is 13.0. The standard InChI is InChI=1S/C18H20N2O4/c1-18(24-3,13-7-5-4-6-8-13)17(22)20-14-11-12(16(19)21)9-10-15(14)23-2/h4-11H,1-3H3,(H2,19,21)(H,20,22)/t18-/m1/s1. The van der Waals surface area contributed by atoms with Gasteiger partial charge in [-0.1, -0.05) is 30.3 Å². The van der Waals surface area contributed by atoms with Gasteiger partial charge in [0.2, 0.25) is 5.91 Å². The lowest BCUT2D eigenvalue weighted by Gasteiger charge is -2.27. The highest BCUT2D eigenvalue weighted by atomic mass is 16.5. The van der Waals surface area contributed by atoms with Gasteiger partial charge < -0.3 is 20.5 Å². The molecule has 0 aromatic heterocycles. The average molecular weight is 328 g/mol. The Morgan fingerprint density at radius 3 is 2.29 bits per heavy atom. The zero-order chi connectivity index (χ0) is 17.7. The smallest absolute Gasteiger partial charge is 0.261 e. The summed E-state index contributed by atoms with van der Waals surface area (Å²) >= 11 is 0. The predicted octanol–water partition coefficient (Wildman–Crippen LogP) is 2.29. The van der Waals surface area contributed by atoms with Crippen LogP contribution >= 0.6 is 0 Å². The maximum absolute atomic E-state index is 12.8. The van der Waals surface area contributed by atoms with E-state index >= 15 is 0 Å². The molecule has 0 aliphatic carbocycles. The minimum atomic E-state index is -1.20. The zero-order valence-corrected chi connectivity index (χ0v) is 13.8. The molecule has 2 aromatic rings. The minimum absolute atomic E-state index is 0.268. The first kappa shape index (κ1) is 17.5. The monoisotopic (exact) mass is 328 g/mol. The minimum Gasteiger partial charge on any atom is -0.495 e. The van der Waals surface area contributed by atoms with E-state index in [-0.39, 0.29) is 5.56 Å². The van der Waals surface area contributed by atoms with Gasteiger partial charge in [-0.2, -0.15) is 0 Å². The number of benzene rings is 2. The summed E-state index contributed by atoms with van der Waals surface area (Å²) in [7, 11) is 2.94. The van der Waals surface area contributed by atoms with E-state index in [0.717, 1.165) is 0 Å². The first-order chi connectivity index (χ1) is 11.4. The van der Waals surface area contributed by atoms with Crippen molar-refractivity contribution < 1.29 is 19.1 Å². The Morgan fingerprint density at radius 2 is 1.75 bits per heavy atom. The molecule has 0 bridgehead atoms. The van der Waals surface area contributed by atoms with E-state index in [0.29, 0.717) is 17.0 Å². The molecule has 0 unspecified atom stereocenters. The highest BCUT2D eigenvalue weighted by Gasteiger charge is 2.35. The molecule has 0 aliphatic rings.